The monoisotopic (exact) mass is 895 g/mol. The first-order chi connectivity index (χ1) is 34.2. The summed E-state index contributed by atoms with van der Waals surface area (Å²) in [5.74, 6) is 1.86. The summed E-state index contributed by atoms with van der Waals surface area (Å²) < 4.78 is 9.02. The van der Waals surface area contributed by atoms with Gasteiger partial charge in [-0.25, -0.2) is 15.0 Å². The van der Waals surface area contributed by atoms with Crippen LogP contribution < -0.4 is 0 Å². The normalized spacial score (nSPS) is 13.0. The molecule has 10 aromatic carbocycles. The van der Waals surface area contributed by atoms with Crippen LogP contribution in [0, 0.1) is 0 Å². The summed E-state index contributed by atoms with van der Waals surface area (Å²) in [4.78, 5) is 15.7. The van der Waals surface area contributed by atoms with Crippen LogP contribution in [-0.2, 0) is 5.41 Å². The highest BCUT2D eigenvalue weighted by molar-refractivity contribution is 7.25. The first kappa shape index (κ1) is 38.3. The largest absolute Gasteiger partial charge is 0.456 e. The Morgan fingerprint density at radius 1 is 0.304 bits per heavy atom. The lowest BCUT2D eigenvalue weighted by Crippen LogP contribution is -2.25. The van der Waals surface area contributed by atoms with Crippen molar-refractivity contribution in [2.45, 2.75) is 5.41 Å². The van der Waals surface area contributed by atoms with Crippen molar-refractivity contribution >= 4 is 53.4 Å². The van der Waals surface area contributed by atoms with Crippen LogP contribution in [0.25, 0.3) is 121 Å². The van der Waals surface area contributed by atoms with E-state index in [1.54, 1.807) is 11.3 Å². The van der Waals surface area contributed by atoms with Crippen molar-refractivity contribution in [3.63, 3.8) is 0 Å². The first-order valence-electron chi connectivity index (χ1n) is 23.4. The van der Waals surface area contributed by atoms with Gasteiger partial charge >= 0.3 is 0 Å². The first-order valence-corrected chi connectivity index (χ1v) is 24.2. The molecule has 2 aliphatic rings. The van der Waals surface area contributed by atoms with Crippen LogP contribution in [0.15, 0.2) is 229 Å². The SMILES string of the molecule is c1ccc(-c2nc(-c3cccc4oc5ccc(-c6ccc(-c7ccc8c(c7)C7(c9ccccc9-c9ccccc97)c7ccccc7-8)cc6)cc5c34)nc(-c3cccc4sc5ccccc5c34)n2)cc1. The van der Waals surface area contributed by atoms with Gasteiger partial charge in [0.2, 0.25) is 0 Å². The van der Waals surface area contributed by atoms with Gasteiger partial charge in [0.05, 0.1) is 5.41 Å². The van der Waals surface area contributed by atoms with Gasteiger partial charge in [-0.15, -0.1) is 11.3 Å². The van der Waals surface area contributed by atoms with Crippen LogP contribution in [0.1, 0.15) is 22.3 Å². The molecule has 0 N–H and O–H groups in total. The minimum Gasteiger partial charge on any atom is -0.456 e. The summed E-state index contributed by atoms with van der Waals surface area (Å²) >= 11 is 1.79. The Balaban J connectivity index is 0.844. The Morgan fingerprint density at radius 2 is 0.812 bits per heavy atom. The number of nitrogens with zero attached hydrogens (tertiary/aromatic N) is 3. The minimum absolute atomic E-state index is 0.379. The molecule has 69 heavy (non-hydrogen) atoms. The van der Waals surface area contributed by atoms with Crippen molar-refractivity contribution in [2.75, 3.05) is 0 Å². The fraction of sp³-hybridized carbons (Fsp3) is 0.0156. The molecule has 5 heteroatoms. The van der Waals surface area contributed by atoms with Gasteiger partial charge in [0.25, 0.3) is 0 Å². The van der Waals surface area contributed by atoms with Crippen molar-refractivity contribution in [3.8, 4) is 78.7 Å². The molecule has 15 rings (SSSR count). The van der Waals surface area contributed by atoms with Crippen LogP contribution in [0.2, 0.25) is 0 Å². The Morgan fingerprint density at radius 3 is 1.51 bits per heavy atom. The van der Waals surface area contributed by atoms with Gasteiger partial charge in [0, 0.05) is 47.6 Å². The summed E-state index contributed by atoms with van der Waals surface area (Å²) in [5, 5.41) is 4.35. The third-order valence-corrected chi connectivity index (χ3v) is 15.7. The second-order valence-corrected chi connectivity index (χ2v) is 19.2. The lowest BCUT2D eigenvalue weighted by atomic mass is 9.70. The van der Waals surface area contributed by atoms with E-state index in [2.05, 4.69) is 194 Å². The Kier molecular flexibility index (Phi) is 8.12. The van der Waals surface area contributed by atoms with Crippen LogP contribution in [-0.4, -0.2) is 15.0 Å². The molecule has 0 fully saturated rings. The van der Waals surface area contributed by atoms with Gasteiger partial charge < -0.3 is 4.42 Å². The smallest absolute Gasteiger partial charge is 0.164 e. The van der Waals surface area contributed by atoms with Gasteiger partial charge in [0.1, 0.15) is 11.2 Å². The summed E-state index contributed by atoms with van der Waals surface area (Å²) in [6.45, 7) is 0. The fourth-order valence-electron chi connectivity index (χ4n) is 11.6. The van der Waals surface area contributed by atoms with Crippen molar-refractivity contribution in [2.24, 2.45) is 0 Å². The van der Waals surface area contributed by atoms with E-state index >= 15 is 0 Å². The van der Waals surface area contributed by atoms with E-state index in [0.717, 1.165) is 55.1 Å². The third-order valence-electron chi connectivity index (χ3n) is 14.6. The van der Waals surface area contributed by atoms with E-state index in [9.17, 15) is 0 Å². The molecule has 2 aliphatic carbocycles. The highest BCUT2D eigenvalue weighted by atomic mass is 32.1. The number of fused-ring (bicyclic) bond motifs is 16. The second kappa shape index (κ2) is 14.6. The molecular formula is C64H37N3OS. The van der Waals surface area contributed by atoms with Crippen LogP contribution in [0.3, 0.4) is 0 Å². The Labute approximate surface area is 401 Å². The zero-order chi connectivity index (χ0) is 45.2. The third kappa shape index (κ3) is 5.53. The molecule has 0 saturated heterocycles. The maximum atomic E-state index is 6.58. The molecule has 4 nitrogen and oxygen atoms in total. The lowest BCUT2D eigenvalue weighted by molar-refractivity contribution is 0.669. The van der Waals surface area contributed by atoms with Gasteiger partial charge in [-0.3, -0.25) is 0 Å². The Bertz CT molecular complexity index is 4200. The number of hydrogen-bond acceptors (Lipinski definition) is 5. The lowest BCUT2D eigenvalue weighted by Gasteiger charge is -2.30. The fourth-order valence-corrected chi connectivity index (χ4v) is 12.7. The van der Waals surface area contributed by atoms with Crippen molar-refractivity contribution in [1.29, 1.82) is 0 Å². The van der Waals surface area contributed by atoms with E-state index in [1.807, 2.05) is 30.3 Å². The highest BCUT2D eigenvalue weighted by Gasteiger charge is 2.51. The van der Waals surface area contributed by atoms with Gasteiger partial charge in [0.15, 0.2) is 17.5 Å². The van der Waals surface area contributed by atoms with Crippen LogP contribution in [0.4, 0.5) is 0 Å². The van der Waals surface area contributed by atoms with E-state index < -0.39 is 0 Å². The zero-order valence-corrected chi connectivity index (χ0v) is 37.8. The molecular weight excluding hydrogens is 859 g/mol. The standard InChI is InChI=1S/C64H37N3OS/c1-2-14-40(15-3-1)61-65-62(67-63(66-61)49-21-13-27-58-60(49)47-19-7-11-26-57(47)69-58)48-20-12-25-56-59(48)50-36-41(33-35-55(50)68-56)38-28-30-39(31-29-38)42-32-34-46-45-18-6-10-24-53(45)64(54(46)37-42)51-22-8-4-16-43(51)44-17-5-9-23-52(44)64/h1-37H. The summed E-state index contributed by atoms with van der Waals surface area (Å²) in [7, 11) is 0. The molecule has 0 unspecified atom stereocenters. The molecule has 3 aromatic heterocycles. The van der Waals surface area contributed by atoms with Crippen LogP contribution in [0.5, 0.6) is 0 Å². The molecule has 0 atom stereocenters. The minimum atomic E-state index is -0.379. The van der Waals surface area contributed by atoms with E-state index in [-0.39, 0.29) is 5.41 Å². The number of aromatic nitrogens is 3. The quantitative estimate of drug-likeness (QED) is 0.173. The van der Waals surface area contributed by atoms with Gasteiger partial charge in [-0.1, -0.05) is 188 Å². The van der Waals surface area contributed by atoms with Gasteiger partial charge in [-0.05, 0) is 103 Å². The van der Waals surface area contributed by atoms with E-state index in [0.29, 0.717) is 17.5 Å². The average molecular weight is 896 g/mol. The van der Waals surface area contributed by atoms with Crippen LogP contribution >= 0.6 is 11.3 Å². The highest BCUT2D eigenvalue weighted by Crippen LogP contribution is 2.63. The van der Waals surface area contributed by atoms with Crippen molar-refractivity contribution < 1.29 is 4.42 Å². The van der Waals surface area contributed by atoms with E-state index in [1.165, 1.54) is 70.4 Å². The molecule has 13 aromatic rings. The van der Waals surface area contributed by atoms with E-state index in [4.69, 9.17) is 19.4 Å². The maximum absolute atomic E-state index is 6.58. The number of rotatable bonds is 5. The molecule has 3 heterocycles. The maximum Gasteiger partial charge on any atom is 0.164 e. The average Bonchev–Trinajstić information content (AvgIpc) is 4.16. The number of benzene rings is 10. The zero-order valence-electron chi connectivity index (χ0n) is 37.0. The second-order valence-electron chi connectivity index (χ2n) is 18.2. The predicted octanol–water partition coefficient (Wildman–Crippen LogP) is 16.8. The topological polar surface area (TPSA) is 51.8 Å². The molecule has 0 amide bonds. The van der Waals surface area contributed by atoms with Gasteiger partial charge in [-0.2, -0.15) is 0 Å². The Hall–Kier alpha value is -8.77. The predicted molar refractivity (Wildman–Crippen MR) is 283 cm³/mol. The van der Waals surface area contributed by atoms with Crippen molar-refractivity contribution in [3.05, 3.63) is 247 Å². The molecule has 0 aliphatic heterocycles. The molecule has 0 radical (unpaired) electrons. The summed E-state index contributed by atoms with van der Waals surface area (Å²) in [5.41, 5.74) is 19.3. The molecule has 0 saturated carbocycles. The summed E-state index contributed by atoms with van der Waals surface area (Å²) in [6.07, 6.45) is 0. The molecule has 320 valence electrons. The molecule has 0 bridgehead atoms. The summed E-state index contributed by atoms with van der Waals surface area (Å²) in [6, 6.07) is 80.9. The number of hydrogen-bond donors (Lipinski definition) is 0. The van der Waals surface area contributed by atoms with Crippen molar-refractivity contribution in [1.82, 2.24) is 15.0 Å². The number of thiophene rings is 1. The number of furan rings is 1. The molecule has 1 spiro atoms.